The summed E-state index contributed by atoms with van der Waals surface area (Å²) in [6.07, 6.45) is 7.51. The first kappa shape index (κ1) is 20.8. The minimum absolute atomic E-state index is 0.0689. The Kier molecular flexibility index (Phi) is 5.35. The van der Waals surface area contributed by atoms with E-state index in [2.05, 4.69) is 39.8 Å². The molecule has 0 bridgehead atoms. The second kappa shape index (κ2) is 8.51. The number of rotatable bonds is 4. The first-order chi connectivity index (χ1) is 16.2. The van der Waals surface area contributed by atoms with Crippen molar-refractivity contribution in [3.05, 3.63) is 65.7 Å². The van der Waals surface area contributed by atoms with Crippen LogP contribution in [0.15, 0.2) is 54.6 Å². The summed E-state index contributed by atoms with van der Waals surface area (Å²) in [5, 5.41) is 7.05. The molecule has 2 aromatic carbocycles. The third-order valence-corrected chi connectivity index (χ3v) is 8.36. The van der Waals surface area contributed by atoms with Crippen molar-refractivity contribution >= 4 is 17.5 Å². The molecule has 0 unspecified atom stereocenters. The van der Waals surface area contributed by atoms with Crippen LogP contribution in [0.3, 0.4) is 0 Å². The van der Waals surface area contributed by atoms with Crippen LogP contribution in [-0.2, 0) is 4.79 Å². The van der Waals surface area contributed by atoms with Gasteiger partial charge in [-0.05, 0) is 61.8 Å². The van der Waals surface area contributed by atoms with Gasteiger partial charge in [-0.1, -0.05) is 49.2 Å². The summed E-state index contributed by atoms with van der Waals surface area (Å²) in [6, 6.07) is 18.5. The zero-order valence-electron chi connectivity index (χ0n) is 19.1. The minimum Gasteiger partial charge on any atom is -0.381 e. The number of amides is 2. The Morgan fingerprint density at radius 1 is 0.879 bits per heavy atom. The quantitative estimate of drug-likeness (QED) is 0.716. The molecule has 2 heterocycles. The normalized spacial score (nSPS) is 30.7. The molecule has 4 aliphatic rings. The van der Waals surface area contributed by atoms with Crippen LogP contribution in [0.2, 0.25) is 0 Å². The maximum atomic E-state index is 14.0. The number of fused-ring (bicyclic) bond motifs is 3. The van der Waals surface area contributed by atoms with Crippen LogP contribution < -0.4 is 10.6 Å². The molecule has 5 heteroatoms. The monoisotopic (exact) mass is 443 g/mol. The number of hydrogen-bond donors (Lipinski definition) is 2. The summed E-state index contributed by atoms with van der Waals surface area (Å²) in [6.45, 7) is 0.823. The van der Waals surface area contributed by atoms with Crippen LogP contribution in [0.4, 0.5) is 5.69 Å². The molecule has 3 fully saturated rings. The summed E-state index contributed by atoms with van der Waals surface area (Å²) < 4.78 is 0. The minimum atomic E-state index is -0.133. The molecule has 1 saturated heterocycles. The van der Waals surface area contributed by atoms with E-state index in [1.165, 1.54) is 24.1 Å². The molecule has 33 heavy (non-hydrogen) atoms. The molecular weight excluding hydrogens is 410 g/mol. The number of carbonyl (C=O) groups is 2. The van der Waals surface area contributed by atoms with Crippen LogP contribution in [0.1, 0.15) is 66.9 Å². The Hall–Kier alpha value is -2.82. The number of benzene rings is 2. The molecule has 5 atom stereocenters. The Morgan fingerprint density at radius 3 is 2.45 bits per heavy atom. The van der Waals surface area contributed by atoms with E-state index in [0.717, 1.165) is 44.6 Å². The second-order valence-corrected chi connectivity index (χ2v) is 10.4. The van der Waals surface area contributed by atoms with Gasteiger partial charge in [-0.25, -0.2) is 0 Å². The maximum absolute atomic E-state index is 14.0. The molecular formula is C28H33N3O2. The topological polar surface area (TPSA) is 61.4 Å². The van der Waals surface area contributed by atoms with E-state index in [-0.39, 0.29) is 29.8 Å². The SMILES string of the molecule is O=C(N[C@@H]1CCCC[C@@H]1C(=O)N1CC[C@@H]2[C@@H](C3CC3)Nc3ccccc3[C@@H]21)c1ccccc1. The van der Waals surface area contributed by atoms with Gasteiger partial charge in [-0.15, -0.1) is 0 Å². The molecule has 0 radical (unpaired) electrons. The summed E-state index contributed by atoms with van der Waals surface area (Å²) >= 11 is 0. The Labute approximate surface area is 195 Å². The van der Waals surface area contributed by atoms with Crippen LogP contribution in [0.25, 0.3) is 0 Å². The second-order valence-electron chi connectivity index (χ2n) is 10.4. The van der Waals surface area contributed by atoms with E-state index in [9.17, 15) is 9.59 Å². The molecule has 6 rings (SSSR count). The van der Waals surface area contributed by atoms with Crippen molar-refractivity contribution in [3.8, 4) is 0 Å². The number of anilines is 1. The van der Waals surface area contributed by atoms with Gasteiger partial charge in [-0.3, -0.25) is 9.59 Å². The summed E-state index contributed by atoms with van der Waals surface area (Å²) in [5.74, 6) is 1.27. The fourth-order valence-corrected chi connectivity index (χ4v) is 6.59. The third-order valence-electron chi connectivity index (χ3n) is 8.36. The number of hydrogen-bond acceptors (Lipinski definition) is 3. The van der Waals surface area contributed by atoms with Crippen LogP contribution in [0, 0.1) is 17.8 Å². The van der Waals surface area contributed by atoms with E-state index in [1.807, 2.05) is 30.3 Å². The predicted octanol–water partition coefficient (Wildman–Crippen LogP) is 4.77. The van der Waals surface area contributed by atoms with Gasteiger partial charge >= 0.3 is 0 Å². The third kappa shape index (κ3) is 3.81. The molecule has 2 aromatic rings. The molecule has 2 amide bonds. The zero-order chi connectivity index (χ0) is 22.4. The Bertz CT molecular complexity index is 1030. The van der Waals surface area contributed by atoms with Crippen molar-refractivity contribution < 1.29 is 9.59 Å². The average molecular weight is 444 g/mol. The number of nitrogens with zero attached hydrogens (tertiary/aromatic N) is 1. The van der Waals surface area contributed by atoms with Crippen molar-refractivity contribution in [1.29, 1.82) is 0 Å². The van der Waals surface area contributed by atoms with Gasteiger partial charge in [0.15, 0.2) is 0 Å². The van der Waals surface area contributed by atoms with Gasteiger partial charge in [0.05, 0.1) is 12.0 Å². The highest BCUT2D eigenvalue weighted by molar-refractivity contribution is 5.94. The maximum Gasteiger partial charge on any atom is 0.251 e. The first-order valence-electron chi connectivity index (χ1n) is 12.7. The van der Waals surface area contributed by atoms with E-state index in [0.29, 0.717) is 17.5 Å². The average Bonchev–Trinajstić information content (AvgIpc) is 3.61. The number of nitrogens with one attached hydrogen (secondary N) is 2. The van der Waals surface area contributed by atoms with Gasteiger partial charge in [0.25, 0.3) is 5.91 Å². The fraction of sp³-hybridized carbons (Fsp3) is 0.500. The molecule has 2 N–H and O–H groups in total. The highest BCUT2D eigenvalue weighted by atomic mass is 16.2. The van der Waals surface area contributed by atoms with Gasteiger partial charge < -0.3 is 15.5 Å². The standard InChI is InChI=1S/C28H33N3O2/c32-27(19-8-2-1-3-9-19)30-24-13-7-5-11-21(24)28(33)31-17-16-22-25(18-14-15-18)29-23-12-6-4-10-20(23)26(22)31/h1-4,6,8-10,12,18,21-22,24-26,29H,5,7,11,13-17H2,(H,30,32)/t21-,22+,24+,25+,26-/m0/s1. The molecule has 172 valence electrons. The molecule has 0 spiro atoms. The zero-order valence-corrected chi connectivity index (χ0v) is 19.1. The molecule has 0 aromatic heterocycles. The smallest absolute Gasteiger partial charge is 0.251 e. The lowest BCUT2D eigenvalue weighted by Gasteiger charge is -2.42. The number of carbonyl (C=O) groups excluding carboxylic acids is 2. The van der Waals surface area contributed by atoms with Crippen molar-refractivity contribution in [2.24, 2.45) is 17.8 Å². The van der Waals surface area contributed by atoms with E-state index in [4.69, 9.17) is 0 Å². The van der Waals surface area contributed by atoms with Crippen molar-refractivity contribution in [2.45, 2.75) is 63.1 Å². The summed E-state index contributed by atoms with van der Waals surface area (Å²) in [4.78, 5) is 29.1. The van der Waals surface area contributed by atoms with Crippen LogP contribution in [-0.4, -0.2) is 35.3 Å². The number of likely N-dealkylation sites (tertiary alicyclic amines) is 1. The van der Waals surface area contributed by atoms with Gasteiger partial charge in [0, 0.05) is 35.8 Å². The van der Waals surface area contributed by atoms with E-state index < -0.39 is 0 Å². The molecule has 2 aliphatic carbocycles. The highest BCUT2D eigenvalue weighted by Gasteiger charge is 2.51. The Balaban J connectivity index is 1.25. The molecule has 2 aliphatic heterocycles. The summed E-state index contributed by atoms with van der Waals surface area (Å²) in [5.41, 5.74) is 3.13. The van der Waals surface area contributed by atoms with E-state index in [1.54, 1.807) is 0 Å². The van der Waals surface area contributed by atoms with Crippen LogP contribution in [0.5, 0.6) is 0 Å². The van der Waals surface area contributed by atoms with Crippen LogP contribution >= 0.6 is 0 Å². The predicted molar refractivity (Wildman–Crippen MR) is 129 cm³/mol. The van der Waals surface area contributed by atoms with Gasteiger partial charge in [-0.2, -0.15) is 0 Å². The largest absolute Gasteiger partial charge is 0.381 e. The lowest BCUT2D eigenvalue weighted by molar-refractivity contribution is -0.138. The first-order valence-corrected chi connectivity index (χ1v) is 12.7. The summed E-state index contributed by atoms with van der Waals surface area (Å²) in [7, 11) is 0. The number of para-hydroxylation sites is 1. The van der Waals surface area contributed by atoms with E-state index >= 15 is 0 Å². The molecule has 2 saturated carbocycles. The lowest BCUT2D eigenvalue weighted by atomic mass is 9.79. The van der Waals surface area contributed by atoms with Gasteiger partial charge in [0.1, 0.15) is 0 Å². The fourth-order valence-electron chi connectivity index (χ4n) is 6.59. The van der Waals surface area contributed by atoms with Crippen molar-refractivity contribution in [2.75, 3.05) is 11.9 Å². The molecule has 5 nitrogen and oxygen atoms in total. The van der Waals surface area contributed by atoms with Crippen molar-refractivity contribution in [3.63, 3.8) is 0 Å². The van der Waals surface area contributed by atoms with Crippen molar-refractivity contribution in [1.82, 2.24) is 10.2 Å². The Morgan fingerprint density at radius 2 is 1.64 bits per heavy atom. The lowest BCUT2D eigenvalue weighted by Crippen LogP contribution is -2.50. The van der Waals surface area contributed by atoms with Gasteiger partial charge in [0.2, 0.25) is 5.91 Å². The highest BCUT2D eigenvalue weighted by Crippen LogP contribution is 2.52.